The maximum absolute atomic E-state index is 5.72. The van der Waals surface area contributed by atoms with E-state index < -0.39 is 0 Å². The van der Waals surface area contributed by atoms with Gasteiger partial charge in [-0.2, -0.15) is 5.10 Å². The molecule has 0 radical (unpaired) electrons. The molecule has 1 aromatic carbocycles. The smallest absolute Gasteiger partial charge is 0.173 e. The lowest BCUT2D eigenvalue weighted by Crippen LogP contribution is -2.29. The van der Waals surface area contributed by atoms with Crippen molar-refractivity contribution in [2.24, 2.45) is 5.84 Å². The minimum Gasteiger partial charge on any atom is -0.457 e. The lowest BCUT2D eigenvalue weighted by molar-refractivity contribution is 0.502. The van der Waals surface area contributed by atoms with Crippen LogP contribution in [-0.2, 0) is 13.0 Å². The maximum Gasteiger partial charge on any atom is 0.173 e. The van der Waals surface area contributed by atoms with Gasteiger partial charge in [0.25, 0.3) is 0 Å². The van der Waals surface area contributed by atoms with E-state index in [4.69, 9.17) is 15.4 Å². The predicted octanol–water partition coefficient (Wildman–Crippen LogP) is 3.16. The van der Waals surface area contributed by atoms with Crippen LogP contribution < -0.4 is 11.3 Å². The van der Waals surface area contributed by atoms with Crippen LogP contribution in [0.25, 0.3) is 10.9 Å². The molecule has 3 rings (SSSR count). The Morgan fingerprint density at radius 3 is 2.86 bits per heavy atom. The van der Waals surface area contributed by atoms with Crippen LogP contribution in [0.1, 0.15) is 24.2 Å². The third-order valence-electron chi connectivity index (χ3n) is 3.65. The van der Waals surface area contributed by atoms with Crippen LogP contribution in [-0.4, -0.2) is 9.78 Å². The van der Waals surface area contributed by atoms with E-state index in [0.29, 0.717) is 11.1 Å². The van der Waals surface area contributed by atoms with Gasteiger partial charge in [0, 0.05) is 23.9 Å². The molecule has 5 nitrogen and oxygen atoms in total. The van der Waals surface area contributed by atoms with Crippen molar-refractivity contribution >= 4 is 26.8 Å². The first kappa shape index (κ1) is 14.3. The topological polar surface area (TPSA) is 69.0 Å². The number of rotatable bonds is 5. The number of halogens is 1. The van der Waals surface area contributed by atoms with Crippen LogP contribution in [0.15, 0.2) is 45.7 Å². The highest BCUT2D eigenvalue weighted by atomic mass is 79.9. The third-order valence-corrected chi connectivity index (χ3v) is 4.30. The average Bonchev–Trinajstić information content (AvgIpc) is 3.09. The highest BCUT2D eigenvalue weighted by Gasteiger charge is 2.19. The lowest BCUT2D eigenvalue weighted by Gasteiger charge is -2.13. The summed E-state index contributed by atoms with van der Waals surface area (Å²) < 4.78 is 8.01. The number of aromatic nitrogens is 2. The summed E-state index contributed by atoms with van der Waals surface area (Å²) in [5.41, 5.74) is 6.02. The Labute approximate surface area is 131 Å². The molecule has 0 aliphatic heterocycles. The number of fused-ring (bicyclic) bond motifs is 1. The minimum atomic E-state index is -0.0539. The Kier molecular flexibility index (Phi) is 4.10. The van der Waals surface area contributed by atoms with E-state index >= 15 is 0 Å². The SMILES string of the molecule is CCn1nc(CC(NN)c2ccoc2Br)c2ccccc21. The average molecular weight is 349 g/mol. The van der Waals surface area contributed by atoms with Crippen molar-refractivity contribution in [3.05, 3.63) is 52.5 Å². The molecule has 0 aliphatic rings. The van der Waals surface area contributed by atoms with E-state index in [0.717, 1.165) is 23.3 Å². The summed E-state index contributed by atoms with van der Waals surface area (Å²) in [6.07, 6.45) is 2.34. The fourth-order valence-electron chi connectivity index (χ4n) is 2.59. The van der Waals surface area contributed by atoms with E-state index in [1.54, 1.807) is 6.26 Å². The monoisotopic (exact) mass is 348 g/mol. The molecule has 0 fully saturated rings. The standard InChI is InChI=1S/C15H17BrN4O/c1-2-20-14-6-4-3-5-10(14)13(19-20)9-12(18-17)11-7-8-21-15(11)16/h3-8,12,18H,2,9,17H2,1H3. The molecule has 0 aliphatic carbocycles. The molecule has 1 unspecified atom stereocenters. The first-order chi connectivity index (χ1) is 10.2. The molecule has 0 bridgehead atoms. The van der Waals surface area contributed by atoms with Gasteiger partial charge in [0.1, 0.15) is 0 Å². The zero-order valence-electron chi connectivity index (χ0n) is 11.7. The van der Waals surface area contributed by atoms with Crippen LogP contribution in [0.3, 0.4) is 0 Å². The molecule has 1 atom stereocenters. The number of hydrazine groups is 1. The van der Waals surface area contributed by atoms with Gasteiger partial charge in [-0.25, -0.2) is 0 Å². The van der Waals surface area contributed by atoms with Gasteiger partial charge in [0.2, 0.25) is 0 Å². The van der Waals surface area contributed by atoms with Gasteiger partial charge in [-0.3, -0.25) is 16.0 Å². The number of para-hydroxylation sites is 1. The number of nitrogens with one attached hydrogen (secondary N) is 1. The summed E-state index contributed by atoms with van der Waals surface area (Å²) in [6, 6.07) is 10.1. The Balaban J connectivity index is 1.99. The van der Waals surface area contributed by atoms with Crippen LogP contribution in [0, 0.1) is 0 Å². The third kappa shape index (κ3) is 2.62. The largest absolute Gasteiger partial charge is 0.457 e. The number of nitrogens with zero attached hydrogens (tertiary/aromatic N) is 2. The second-order valence-electron chi connectivity index (χ2n) is 4.85. The van der Waals surface area contributed by atoms with Crippen molar-refractivity contribution in [3.63, 3.8) is 0 Å². The lowest BCUT2D eigenvalue weighted by atomic mass is 10.0. The number of furan rings is 1. The van der Waals surface area contributed by atoms with Gasteiger partial charge in [-0.05, 0) is 35.0 Å². The fourth-order valence-corrected chi connectivity index (χ4v) is 3.11. The predicted molar refractivity (Wildman–Crippen MR) is 85.6 cm³/mol. The molecule has 0 saturated carbocycles. The van der Waals surface area contributed by atoms with E-state index in [1.165, 1.54) is 5.39 Å². The Hall–Kier alpha value is -1.63. The van der Waals surface area contributed by atoms with Crippen molar-refractivity contribution < 1.29 is 4.42 Å². The highest BCUT2D eigenvalue weighted by molar-refractivity contribution is 9.10. The number of nitrogens with two attached hydrogens (primary N) is 1. The van der Waals surface area contributed by atoms with Gasteiger partial charge in [-0.15, -0.1) is 0 Å². The zero-order valence-corrected chi connectivity index (χ0v) is 13.3. The molecule has 0 amide bonds. The summed E-state index contributed by atoms with van der Waals surface area (Å²) in [4.78, 5) is 0. The Bertz CT molecular complexity index is 749. The normalized spacial score (nSPS) is 12.9. The Morgan fingerprint density at radius 2 is 2.19 bits per heavy atom. The molecule has 6 heteroatoms. The Morgan fingerprint density at radius 1 is 1.38 bits per heavy atom. The highest BCUT2D eigenvalue weighted by Crippen LogP contribution is 2.28. The first-order valence-corrected chi connectivity index (χ1v) is 7.67. The van der Waals surface area contributed by atoms with Crippen molar-refractivity contribution in [1.82, 2.24) is 15.2 Å². The van der Waals surface area contributed by atoms with Crippen molar-refractivity contribution in [3.8, 4) is 0 Å². The molecular weight excluding hydrogens is 332 g/mol. The quantitative estimate of drug-likeness (QED) is 0.548. The summed E-state index contributed by atoms with van der Waals surface area (Å²) in [7, 11) is 0. The molecule has 3 aromatic rings. The minimum absolute atomic E-state index is 0.0539. The number of benzene rings is 1. The molecule has 2 heterocycles. The van der Waals surface area contributed by atoms with Gasteiger partial charge in [-0.1, -0.05) is 18.2 Å². The second-order valence-corrected chi connectivity index (χ2v) is 5.57. The first-order valence-electron chi connectivity index (χ1n) is 6.88. The number of aryl methyl sites for hydroxylation is 1. The van der Waals surface area contributed by atoms with Crippen LogP contribution in [0.4, 0.5) is 0 Å². The summed E-state index contributed by atoms with van der Waals surface area (Å²) in [5.74, 6) is 5.72. The summed E-state index contributed by atoms with van der Waals surface area (Å²) in [6.45, 7) is 2.94. The van der Waals surface area contributed by atoms with Gasteiger partial charge >= 0.3 is 0 Å². The second kappa shape index (κ2) is 6.01. The zero-order chi connectivity index (χ0) is 14.8. The fraction of sp³-hybridized carbons (Fsp3) is 0.267. The van der Waals surface area contributed by atoms with E-state index in [-0.39, 0.29) is 6.04 Å². The van der Waals surface area contributed by atoms with E-state index in [1.807, 2.05) is 22.9 Å². The maximum atomic E-state index is 5.72. The molecule has 2 aromatic heterocycles. The molecule has 110 valence electrons. The van der Waals surface area contributed by atoms with Crippen LogP contribution in [0.5, 0.6) is 0 Å². The van der Waals surface area contributed by atoms with Gasteiger partial charge in [0.05, 0.1) is 23.5 Å². The molecular formula is C15H17BrN4O. The van der Waals surface area contributed by atoms with Crippen LogP contribution >= 0.6 is 15.9 Å². The van der Waals surface area contributed by atoms with Crippen molar-refractivity contribution in [1.29, 1.82) is 0 Å². The van der Waals surface area contributed by atoms with Crippen molar-refractivity contribution in [2.45, 2.75) is 25.9 Å². The molecule has 0 spiro atoms. The number of hydrogen-bond acceptors (Lipinski definition) is 4. The van der Waals surface area contributed by atoms with Crippen LogP contribution in [0.2, 0.25) is 0 Å². The summed E-state index contributed by atoms with van der Waals surface area (Å²) >= 11 is 3.40. The summed E-state index contributed by atoms with van der Waals surface area (Å²) in [5, 5.41) is 5.88. The molecule has 3 N–H and O–H groups in total. The van der Waals surface area contributed by atoms with Gasteiger partial charge in [0.15, 0.2) is 4.67 Å². The molecule has 21 heavy (non-hydrogen) atoms. The van der Waals surface area contributed by atoms with E-state index in [9.17, 15) is 0 Å². The van der Waals surface area contributed by atoms with Gasteiger partial charge < -0.3 is 4.42 Å². The number of hydrogen-bond donors (Lipinski definition) is 2. The van der Waals surface area contributed by atoms with E-state index in [2.05, 4.69) is 40.4 Å². The molecule has 0 saturated heterocycles. The van der Waals surface area contributed by atoms with Crippen molar-refractivity contribution in [2.75, 3.05) is 0 Å².